The van der Waals surface area contributed by atoms with Crippen LogP contribution in [0.1, 0.15) is 25.7 Å². The van der Waals surface area contributed by atoms with Crippen molar-refractivity contribution in [1.29, 1.82) is 0 Å². The highest BCUT2D eigenvalue weighted by molar-refractivity contribution is 5.78. The van der Waals surface area contributed by atoms with E-state index in [1.54, 1.807) is 0 Å². The van der Waals surface area contributed by atoms with Crippen LogP contribution in [0.3, 0.4) is 0 Å². The molecule has 0 bridgehead atoms. The number of morpholine rings is 2. The van der Waals surface area contributed by atoms with E-state index in [1.807, 2.05) is 4.90 Å². The van der Waals surface area contributed by atoms with E-state index in [0.717, 1.165) is 45.6 Å². The van der Waals surface area contributed by atoms with Gasteiger partial charge >= 0.3 is 0 Å². The number of hydrogen-bond acceptors (Lipinski definition) is 5. The third-order valence-electron chi connectivity index (χ3n) is 5.04. The van der Waals surface area contributed by atoms with Gasteiger partial charge < -0.3 is 24.6 Å². The first-order valence-corrected chi connectivity index (χ1v) is 8.66. The van der Waals surface area contributed by atoms with Crippen molar-refractivity contribution in [3.63, 3.8) is 0 Å². The monoisotopic (exact) mass is 311 g/mol. The van der Waals surface area contributed by atoms with Crippen LogP contribution < -0.4 is 5.32 Å². The molecule has 1 N–H and O–H groups in total. The zero-order chi connectivity index (χ0) is 15.4. The van der Waals surface area contributed by atoms with Crippen molar-refractivity contribution in [2.45, 2.75) is 43.9 Å². The second-order valence-corrected chi connectivity index (χ2v) is 6.73. The number of fused-ring (bicyclic) bond motifs is 1. The molecule has 2 aliphatic heterocycles. The highest BCUT2D eigenvalue weighted by Gasteiger charge is 2.36. The van der Waals surface area contributed by atoms with E-state index in [0.29, 0.717) is 19.2 Å². The molecule has 3 fully saturated rings. The number of rotatable bonds is 4. The summed E-state index contributed by atoms with van der Waals surface area (Å²) < 4.78 is 11.5. The number of carbonyl (C=O) groups is 1. The van der Waals surface area contributed by atoms with Gasteiger partial charge in [-0.3, -0.25) is 4.79 Å². The molecule has 1 aliphatic carbocycles. The van der Waals surface area contributed by atoms with Crippen LogP contribution in [0.15, 0.2) is 0 Å². The molecule has 6 nitrogen and oxygen atoms in total. The summed E-state index contributed by atoms with van der Waals surface area (Å²) in [6.45, 7) is 5.29. The van der Waals surface area contributed by atoms with Gasteiger partial charge in [-0.25, -0.2) is 0 Å². The van der Waals surface area contributed by atoms with E-state index in [2.05, 4.69) is 17.3 Å². The second-order valence-electron chi connectivity index (χ2n) is 6.73. The molecule has 3 aliphatic rings. The number of nitrogens with zero attached hydrogens (tertiary/aromatic N) is 2. The lowest BCUT2D eigenvalue weighted by Crippen LogP contribution is -2.57. The lowest BCUT2D eigenvalue weighted by atomic mass is 9.90. The Kier molecular flexibility index (Phi) is 5.68. The van der Waals surface area contributed by atoms with Gasteiger partial charge in [0.05, 0.1) is 38.0 Å². The highest BCUT2D eigenvalue weighted by Crippen LogP contribution is 2.28. The molecule has 1 amide bonds. The number of carbonyl (C=O) groups excluding carboxylic acids is 1. The fourth-order valence-electron chi connectivity index (χ4n) is 3.84. The van der Waals surface area contributed by atoms with Crippen LogP contribution in [0, 0.1) is 0 Å². The SMILES string of the molecule is CN1CCO[C@H](CNCC(=O)N2CCO[C@H]3CCCC[C@H]32)C1. The van der Waals surface area contributed by atoms with Gasteiger partial charge in [-0.05, 0) is 19.9 Å². The molecule has 22 heavy (non-hydrogen) atoms. The Hall–Kier alpha value is -0.690. The largest absolute Gasteiger partial charge is 0.374 e. The molecule has 6 heteroatoms. The molecule has 0 aromatic carbocycles. The maximum atomic E-state index is 12.5. The number of likely N-dealkylation sites (N-methyl/N-ethyl adjacent to an activating group) is 1. The minimum Gasteiger partial charge on any atom is -0.374 e. The molecular weight excluding hydrogens is 282 g/mol. The first kappa shape index (κ1) is 16.2. The summed E-state index contributed by atoms with van der Waals surface area (Å²) in [7, 11) is 2.11. The average Bonchev–Trinajstić information content (AvgIpc) is 2.54. The second kappa shape index (κ2) is 7.73. The van der Waals surface area contributed by atoms with E-state index < -0.39 is 0 Å². The van der Waals surface area contributed by atoms with Gasteiger partial charge in [0, 0.05) is 26.2 Å². The Balaban J connectivity index is 1.43. The van der Waals surface area contributed by atoms with E-state index in [9.17, 15) is 4.79 Å². The van der Waals surface area contributed by atoms with Crippen molar-refractivity contribution in [3.05, 3.63) is 0 Å². The number of ether oxygens (including phenoxy) is 2. The minimum atomic E-state index is 0.193. The minimum absolute atomic E-state index is 0.193. The molecule has 3 atom stereocenters. The van der Waals surface area contributed by atoms with Crippen LogP contribution in [-0.4, -0.2) is 86.9 Å². The Bertz CT molecular complexity index is 378. The Morgan fingerprint density at radius 2 is 2.00 bits per heavy atom. The van der Waals surface area contributed by atoms with Gasteiger partial charge in [0.25, 0.3) is 0 Å². The molecule has 126 valence electrons. The van der Waals surface area contributed by atoms with Crippen LogP contribution in [0.2, 0.25) is 0 Å². The van der Waals surface area contributed by atoms with Crippen molar-refractivity contribution in [2.24, 2.45) is 0 Å². The first-order chi connectivity index (χ1) is 10.7. The third-order valence-corrected chi connectivity index (χ3v) is 5.04. The molecule has 0 aromatic heterocycles. The van der Waals surface area contributed by atoms with Crippen LogP contribution >= 0.6 is 0 Å². The van der Waals surface area contributed by atoms with Crippen molar-refractivity contribution in [2.75, 3.05) is 53.0 Å². The van der Waals surface area contributed by atoms with Gasteiger partial charge in [0.1, 0.15) is 0 Å². The van der Waals surface area contributed by atoms with Gasteiger partial charge in [-0.2, -0.15) is 0 Å². The Labute approximate surface area is 133 Å². The smallest absolute Gasteiger partial charge is 0.236 e. The number of hydrogen-bond donors (Lipinski definition) is 1. The predicted octanol–water partition coefficient (Wildman–Crippen LogP) is 0.0766. The average molecular weight is 311 g/mol. The summed E-state index contributed by atoms with van der Waals surface area (Å²) in [5.41, 5.74) is 0. The molecule has 0 aromatic rings. The lowest BCUT2D eigenvalue weighted by Gasteiger charge is -2.43. The van der Waals surface area contributed by atoms with Crippen LogP contribution in [0.5, 0.6) is 0 Å². The fourth-order valence-corrected chi connectivity index (χ4v) is 3.84. The maximum absolute atomic E-state index is 12.5. The summed E-state index contributed by atoms with van der Waals surface area (Å²) in [5, 5.41) is 3.28. The van der Waals surface area contributed by atoms with Gasteiger partial charge in [0.15, 0.2) is 0 Å². The van der Waals surface area contributed by atoms with Crippen LogP contribution in [-0.2, 0) is 14.3 Å². The Morgan fingerprint density at radius 1 is 1.18 bits per heavy atom. The molecule has 2 saturated heterocycles. The Morgan fingerprint density at radius 3 is 2.86 bits per heavy atom. The number of amides is 1. The van der Waals surface area contributed by atoms with Crippen molar-refractivity contribution >= 4 is 5.91 Å². The molecular formula is C16H29N3O3. The van der Waals surface area contributed by atoms with E-state index >= 15 is 0 Å². The van der Waals surface area contributed by atoms with Crippen molar-refractivity contribution < 1.29 is 14.3 Å². The van der Waals surface area contributed by atoms with E-state index in [-0.39, 0.29) is 18.1 Å². The first-order valence-electron chi connectivity index (χ1n) is 8.66. The lowest BCUT2D eigenvalue weighted by molar-refractivity contribution is -0.148. The van der Waals surface area contributed by atoms with Crippen LogP contribution in [0.4, 0.5) is 0 Å². The van der Waals surface area contributed by atoms with Gasteiger partial charge in [-0.15, -0.1) is 0 Å². The summed E-state index contributed by atoms with van der Waals surface area (Å²) in [6, 6.07) is 0.300. The summed E-state index contributed by atoms with van der Waals surface area (Å²) in [4.78, 5) is 16.8. The molecule has 3 rings (SSSR count). The zero-order valence-electron chi connectivity index (χ0n) is 13.6. The quantitative estimate of drug-likeness (QED) is 0.797. The van der Waals surface area contributed by atoms with E-state index in [4.69, 9.17) is 9.47 Å². The summed E-state index contributed by atoms with van der Waals surface area (Å²) in [5.74, 6) is 0.212. The molecule has 1 saturated carbocycles. The van der Waals surface area contributed by atoms with Crippen LogP contribution in [0.25, 0.3) is 0 Å². The summed E-state index contributed by atoms with van der Waals surface area (Å²) >= 11 is 0. The standard InChI is InChI=1S/C16H29N3O3/c1-18-6-8-21-13(12-18)10-17-11-16(20)19-7-9-22-15-5-3-2-4-14(15)19/h13-15,17H,2-12H2,1H3/t13-,14-,15+/m1/s1. The zero-order valence-corrected chi connectivity index (χ0v) is 13.6. The molecule has 0 radical (unpaired) electrons. The third kappa shape index (κ3) is 3.98. The highest BCUT2D eigenvalue weighted by atomic mass is 16.5. The predicted molar refractivity (Wildman–Crippen MR) is 83.8 cm³/mol. The van der Waals surface area contributed by atoms with Gasteiger partial charge in [-0.1, -0.05) is 12.8 Å². The summed E-state index contributed by atoms with van der Waals surface area (Å²) in [6.07, 6.45) is 5.09. The maximum Gasteiger partial charge on any atom is 0.236 e. The fraction of sp³-hybridized carbons (Fsp3) is 0.938. The topological polar surface area (TPSA) is 54.0 Å². The molecule has 0 unspecified atom stereocenters. The molecule has 0 spiro atoms. The number of nitrogens with one attached hydrogen (secondary N) is 1. The normalized spacial score (nSPS) is 33.5. The van der Waals surface area contributed by atoms with Gasteiger partial charge in [0.2, 0.25) is 5.91 Å². The van der Waals surface area contributed by atoms with Crippen molar-refractivity contribution in [1.82, 2.24) is 15.1 Å². The molecule has 2 heterocycles. The van der Waals surface area contributed by atoms with E-state index in [1.165, 1.54) is 12.8 Å². The van der Waals surface area contributed by atoms with Crippen molar-refractivity contribution in [3.8, 4) is 0 Å².